The van der Waals surface area contributed by atoms with E-state index in [-0.39, 0.29) is 5.92 Å². The van der Waals surface area contributed by atoms with Crippen molar-refractivity contribution in [2.24, 2.45) is 16.8 Å². The van der Waals surface area contributed by atoms with E-state index in [1.807, 2.05) is 0 Å². The average molecular weight is 690 g/mol. The summed E-state index contributed by atoms with van der Waals surface area (Å²) in [6.45, 7) is 11.6. The summed E-state index contributed by atoms with van der Waals surface area (Å²) >= 11 is 0. The zero-order chi connectivity index (χ0) is 36.5. The number of aliphatic imine (C=N–C) groups is 1. The molecule has 8 rings (SSSR count). The van der Waals surface area contributed by atoms with Crippen LogP contribution >= 0.6 is 0 Å². The summed E-state index contributed by atoms with van der Waals surface area (Å²) in [5, 5.41) is 0. The van der Waals surface area contributed by atoms with E-state index in [1.54, 1.807) is 0 Å². The van der Waals surface area contributed by atoms with Gasteiger partial charge in [0.15, 0.2) is 0 Å². The van der Waals surface area contributed by atoms with Gasteiger partial charge in [-0.25, -0.2) is 0 Å². The van der Waals surface area contributed by atoms with Crippen molar-refractivity contribution in [1.82, 2.24) is 0 Å². The molecule has 0 bridgehead atoms. The minimum atomic E-state index is -0.456. The molecule has 1 aliphatic heterocycles. The molecule has 1 nitrogen and oxygen atoms in total. The summed E-state index contributed by atoms with van der Waals surface area (Å²) in [7, 11) is 0. The van der Waals surface area contributed by atoms with Crippen molar-refractivity contribution in [3.63, 3.8) is 0 Å². The Bertz CT molecular complexity index is 2240. The Morgan fingerprint density at radius 1 is 0.660 bits per heavy atom. The van der Waals surface area contributed by atoms with Gasteiger partial charge in [0.25, 0.3) is 0 Å². The van der Waals surface area contributed by atoms with Crippen LogP contribution < -0.4 is 0 Å². The highest BCUT2D eigenvalue weighted by Gasteiger charge is 2.47. The van der Waals surface area contributed by atoms with Crippen molar-refractivity contribution >= 4 is 5.71 Å². The fourth-order valence-corrected chi connectivity index (χ4v) is 9.44. The molecule has 0 fully saturated rings. The predicted molar refractivity (Wildman–Crippen MR) is 225 cm³/mol. The Hall–Kier alpha value is -5.27. The molecule has 264 valence electrons. The van der Waals surface area contributed by atoms with E-state index >= 15 is 0 Å². The third-order valence-electron chi connectivity index (χ3n) is 12.5. The van der Waals surface area contributed by atoms with Gasteiger partial charge in [0.1, 0.15) is 0 Å². The van der Waals surface area contributed by atoms with Crippen LogP contribution in [0.3, 0.4) is 0 Å². The van der Waals surface area contributed by atoms with Crippen LogP contribution in [0.25, 0.3) is 11.1 Å². The highest BCUT2D eigenvalue weighted by molar-refractivity contribution is 6.11. The van der Waals surface area contributed by atoms with Crippen LogP contribution in [0.1, 0.15) is 99.6 Å². The summed E-state index contributed by atoms with van der Waals surface area (Å²) in [4.78, 5) is 6.01. The lowest BCUT2D eigenvalue weighted by molar-refractivity contribution is 0.484. The zero-order valence-electron chi connectivity index (χ0n) is 31.9. The maximum atomic E-state index is 6.01. The van der Waals surface area contributed by atoms with Gasteiger partial charge in [0.05, 0.1) is 16.8 Å². The molecule has 0 radical (unpaired) electrons. The van der Waals surface area contributed by atoms with Crippen molar-refractivity contribution in [2.45, 2.75) is 71.6 Å². The lowest BCUT2D eigenvalue weighted by atomic mass is 9.67. The largest absolute Gasteiger partial charge is 0.252 e. The van der Waals surface area contributed by atoms with Gasteiger partial charge < -0.3 is 0 Å². The van der Waals surface area contributed by atoms with Crippen LogP contribution in [-0.2, 0) is 5.41 Å². The number of hydrogen-bond acceptors (Lipinski definition) is 1. The van der Waals surface area contributed by atoms with E-state index in [9.17, 15) is 0 Å². The van der Waals surface area contributed by atoms with Crippen molar-refractivity contribution < 1.29 is 0 Å². The lowest BCUT2D eigenvalue weighted by Gasteiger charge is -2.34. The Kier molecular flexibility index (Phi) is 9.60. The van der Waals surface area contributed by atoms with E-state index in [2.05, 4.69) is 186 Å². The molecule has 3 unspecified atom stereocenters. The summed E-state index contributed by atoms with van der Waals surface area (Å²) in [5.41, 5.74) is 17.8. The second kappa shape index (κ2) is 14.6. The van der Waals surface area contributed by atoms with Crippen LogP contribution in [0.5, 0.6) is 0 Å². The first-order valence-electron chi connectivity index (χ1n) is 19.7. The molecule has 0 saturated carbocycles. The molecule has 1 heteroatoms. The molecule has 0 spiro atoms. The van der Waals surface area contributed by atoms with Gasteiger partial charge in [-0.15, -0.1) is 0 Å². The maximum Gasteiger partial charge on any atom is 0.0713 e. The summed E-state index contributed by atoms with van der Waals surface area (Å²) in [6, 6.07) is 49.7. The maximum absolute atomic E-state index is 6.01. The monoisotopic (exact) mass is 689 g/mol. The van der Waals surface area contributed by atoms with Gasteiger partial charge in [-0.1, -0.05) is 171 Å². The third-order valence-corrected chi connectivity index (χ3v) is 12.5. The minimum absolute atomic E-state index is 0.235. The number of allylic oxidation sites excluding steroid dienone is 6. The molecular formula is C52H51N. The Labute approximate surface area is 317 Å². The third kappa shape index (κ3) is 6.01. The molecule has 3 atom stereocenters. The summed E-state index contributed by atoms with van der Waals surface area (Å²) in [6.07, 6.45) is 11.3. The molecule has 0 amide bonds. The van der Waals surface area contributed by atoms with Crippen LogP contribution in [0.15, 0.2) is 185 Å². The van der Waals surface area contributed by atoms with E-state index in [0.717, 1.165) is 31.4 Å². The number of rotatable bonds is 6. The predicted octanol–water partition coefficient (Wildman–Crippen LogP) is 13.6. The normalized spacial score (nSPS) is 24.4. The first-order valence-corrected chi connectivity index (χ1v) is 19.7. The topological polar surface area (TPSA) is 12.4 Å². The van der Waals surface area contributed by atoms with Gasteiger partial charge >= 0.3 is 0 Å². The van der Waals surface area contributed by atoms with Crippen molar-refractivity contribution in [3.8, 4) is 11.1 Å². The highest BCUT2D eigenvalue weighted by atomic mass is 14.8. The van der Waals surface area contributed by atoms with Crippen LogP contribution in [-0.4, -0.2) is 5.71 Å². The van der Waals surface area contributed by atoms with E-state index in [0.29, 0.717) is 11.8 Å². The van der Waals surface area contributed by atoms with Crippen molar-refractivity contribution in [3.05, 3.63) is 213 Å². The van der Waals surface area contributed by atoms with Crippen molar-refractivity contribution in [2.75, 3.05) is 0 Å². The van der Waals surface area contributed by atoms with Crippen LogP contribution in [0, 0.1) is 11.8 Å². The highest BCUT2D eigenvalue weighted by Crippen LogP contribution is 2.57. The number of fused-ring (bicyclic) bond motifs is 3. The zero-order valence-corrected chi connectivity index (χ0v) is 31.9. The first kappa shape index (κ1) is 34.8. The molecule has 53 heavy (non-hydrogen) atoms. The Balaban J connectivity index is 1.45. The number of benzene rings is 5. The second-order valence-electron chi connectivity index (χ2n) is 15.5. The number of nitrogens with zero attached hydrogens (tertiary/aromatic N) is 1. The summed E-state index contributed by atoms with van der Waals surface area (Å²) in [5.74, 6) is 1.12. The Morgan fingerprint density at radius 2 is 1.26 bits per heavy atom. The molecule has 1 heterocycles. The standard InChI is InChI=1S/C52H51N/c1-6-42-44(39-19-10-7-11-20-39)34-32-38(5)50(43-33-31-36(3)35(2)29-30-37(43)4)53-51(42)46-26-18-28-48-49(46)45-25-16-17-27-47(45)52(48,40-21-12-8-13-22-40)41-23-14-9-15-24-41/h7-28,30-31,33,35,42,44H,6,29,32,34H2,1-5H3/b36-31-,37-30?,43-33-,50-38+,53-51?. The fourth-order valence-electron chi connectivity index (χ4n) is 9.44. The molecule has 5 aromatic carbocycles. The molecule has 0 N–H and O–H groups in total. The average Bonchev–Trinajstić information content (AvgIpc) is 3.51. The minimum Gasteiger partial charge on any atom is -0.252 e. The SMILES string of the molecule is CCC1C(c2cccc3c2-c2ccccc2C3(c2ccccc2)c2ccccc2)=NC(/C2=C\C=C(\C)C(C)CC=C2C)=C(\C)CCC1c1ccccc1. The van der Waals surface area contributed by atoms with E-state index in [1.165, 1.54) is 72.5 Å². The van der Waals surface area contributed by atoms with Crippen LogP contribution in [0.2, 0.25) is 0 Å². The van der Waals surface area contributed by atoms with Gasteiger partial charge in [0, 0.05) is 17.1 Å². The first-order chi connectivity index (χ1) is 25.9. The van der Waals surface area contributed by atoms with Gasteiger partial charge in [-0.3, -0.25) is 4.99 Å². The van der Waals surface area contributed by atoms with E-state index in [4.69, 9.17) is 4.99 Å². The van der Waals surface area contributed by atoms with Crippen LogP contribution in [0.4, 0.5) is 0 Å². The van der Waals surface area contributed by atoms with Gasteiger partial charge in [0.2, 0.25) is 0 Å². The van der Waals surface area contributed by atoms with E-state index < -0.39 is 5.41 Å². The van der Waals surface area contributed by atoms with Crippen molar-refractivity contribution in [1.29, 1.82) is 0 Å². The van der Waals surface area contributed by atoms with Gasteiger partial charge in [-0.2, -0.15) is 0 Å². The quantitative estimate of drug-likeness (QED) is 0.165. The molecule has 0 saturated heterocycles. The fraction of sp³-hybridized carbons (Fsp3) is 0.250. The smallest absolute Gasteiger partial charge is 0.0713 e. The second-order valence-corrected chi connectivity index (χ2v) is 15.5. The Morgan fingerprint density at radius 3 is 1.94 bits per heavy atom. The summed E-state index contributed by atoms with van der Waals surface area (Å²) < 4.78 is 0. The molecule has 0 aromatic heterocycles. The molecule has 5 aromatic rings. The molecule has 2 aliphatic carbocycles. The molecule has 3 aliphatic rings. The lowest BCUT2D eigenvalue weighted by Crippen LogP contribution is -2.29. The molecular weight excluding hydrogens is 639 g/mol. The number of hydrogen-bond donors (Lipinski definition) is 0. The van der Waals surface area contributed by atoms with Gasteiger partial charge in [-0.05, 0) is 108 Å².